The van der Waals surface area contributed by atoms with Crippen LogP contribution in [0.4, 0.5) is 0 Å². The van der Waals surface area contributed by atoms with Gasteiger partial charge in [0.25, 0.3) is 0 Å². The van der Waals surface area contributed by atoms with Crippen LogP contribution in [0, 0.1) is 5.41 Å². The number of hydrogen-bond donors (Lipinski definition) is 3. The number of likely N-dealkylation sites (N-methyl/N-ethyl adjacent to an activating group) is 1. The zero-order chi connectivity index (χ0) is 19.9. The molecule has 0 radical (unpaired) electrons. The molecule has 1 fully saturated rings. The summed E-state index contributed by atoms with van der Waals surface area (Å²) in [7, 11) is 4.89. The van der Waals surface area contributed by atoms with Crippen molar-refractivity contribution in [2.45, 2.75) is 44.2 Å². The van der Waals surface area contributed by atoms with Crippen LogP contribution in [-0.4, -0.2) is 51.0 Å². The largest absolute Gasteiger partial charge is 0.497 e. The van der Waals surface area contributed by atoms with Crippen LogP contribution in [0.2, 0.25) is 0 Å². The Kier molecular flexibility index (Phi) is 7.98. The summed E-state index contributed by atoms with van der Waals surface area (Å²) in [6.07, 6.45) is 3.69. The van der Waals surface area contributed by atoms with Crippen molar-refractivity contribution in [3.05, 3.63) is 29.8 Å². The van der Waals surface area contributed by atoms with Crippen molar-refractivity contribution in [3.8, 4) is 5.75 Å². The van der Waals surface area contributed by atoms with Gasteiger partial charge in [0.15, 0.2) is 0 Å². The van der Waals surface area contributed by atoms with E-state index < -0.39 is 11.5 Å². The Bertz CT molecular complexity index is 627. The summed E-state index contributed by atoms with van der Waals surface area (Å²) in [6.45, 7) is 0. The van der Waals surface area contributed by atoms with Gasteiger partial charge in [-0.1, -0.05) is 12.1 Å². The van der Waals surface area contributed by atoms with E-state index in [1.807, 2.05) is 24.3 Å². The first-order valence-corrected chi connectivity index (χ1v) is 9.90. The Morgan fingerprint density at radius 1 is 1.22 bits per heavy atom. The van der Waals surface area contributed by atoms with Crippen molar-refractivity contribution in [3.63, 3.8) is 0 Å². The van der Waals surface area contributed by atoms with Gasteiger partial charge in [-0.15, -0.1) is 0 Å². The number of methoxy groups -OCH3 is 2. The van der Waals surface area contributed by atoms with Gasteiger partial charge in [0.1, 0.15) is 11.8 Å². The number of thiol groups is 1. The van der Waals surface area contributed by atoms with Crippen molar-refractivity contribution in [1.82, 2.24) is 10.6 Å². The molecule has 0 aliphatic heterocycles. The number of carbonyl (C=O) groups is 2. The van der Waals surface area contributed by atoms with Crippen LogP contribution >= 0.6 is 12.6 Å². The highest BCUT2D eigenvalue weighted by atomic mass is 32.1. The minimum Gasteiger partial charge on any atom is -0.497 e. The molecule has 6 nitrogen and oxygen atoms in total. The standard InChI is InChI=1S/C20H30N2O4S/c1-21-18(23)17(12-14-4-6-15(25-2)7-5-14)22-19(24)20(13-27)10-8-16(26-3)9-11-20/h4-7,16-17,27H,8-13H2,1-3H3,(H,21,23)(H,22,24)/t16-,17?,20+. The van der Waals surface area contributed by atoms with Crippen molar-refractivity contribution in [2.24, 2.45) is 5.41 Å². The molecule has 0 bridgehead atoms. The molecular formula is C20H30N2O4S. The highest BCUT2D eigenvalue weighted by Gasteiger charge is 2.42. The van der Waals surface area contributed by atoms with Crippen molar-refractivity contribution in [1.29, 1.82) is 0 Å². The predicted molar refractivity (Wildman–Crippen MR) is 108 cm³/mol. The van der Waals surface area contributed by atoms with Crippen LogP contribution in [0.3, 0.4) is 0 Å². The number of benzene rings is 1. The summed E-state index contributed by atoms with van der Waals surface area (Å²) in [5.74, 6) is 0.898. The fourth-order valence-corrected chi connectivity index (χ4v) is 3.99. The number of hydrogen-bond acceptors (Lipinski definition) is 5. The van der Waals surface area contributed by atoms with Gasteiger partial charge in [-0.3, -0.25) is 9.59 Å². The van der Waals surface area contributed by atoms with Gasteiger partial charge in [0, 0.05) is 26.3 Å². The Morgan fingerprint density at radius 3 is 2.33 bits per heavy atom. The highest BCUT2D eigenvalue weighted by Crippen LogP contribution is 2.38. The van der Waals surface area contributed by atoms with Crippen LogP contribution in [0.5, 0.6) is 5.75 Å². The molecule has 2 N–H and O–H groups in total. The fourth-order valence-electron chi connectivity index (χ4n) is 3.53. The second kappa shape index (κ2) is 9.99. The molecule has 27 heavy (non-hydrogen) atoms. The maximum Gasteiger partial charge on any atom is 0.242 e. The summed E-state index contributed by atoms with van der Waals surface area (Å²) >= 11 is 4.45. The second-order valence-electron chi connectivity index (χ2n) is 7.07. The van der Waals surface area contributed by atoms with Gasteiger partial charge >= 0.3 is 0 Å². The van der Waals surface area contributed by atoms with E-state index in [0.29, 0.717) is 25.0 Å². The van der Waals surface area contributed by atoms with E-state index in [1.165, 1.54) is 0 Å². The number of ether oxygens (including phenoxy) is 2. The number of rotatable bonds is 8. The maximum atomic E-state index is 13.1. The van der Waals surface area contributed by atoms with Crippen LogP contribution in [0.25, 0.3) is 0 Å². The first kappa shape index (κ1) is 21.6. The molecule has 2 rings (SSSR count). The van der Waals surface area contributed by atoms with Crippen LogP contribution in [0.1, 0.15) is 31.2 Å². The number of amides is 2. The summed E-state index contributed by atoms with van der Waals surface area (Å²) in [6, 6.07) is 6.87. The summed E-state index contributed by atoms with van der Waals surface area (Å²) in [5, 5.41) is 5.61. The molecule has 0 heterocycles. The minimum absolute atomic E-state index is 0.103. The second-order valence-corrected chi connectivity index (χ2v) is 7.38. The van der Waals surface area contributed by atoms with Crippen LogP contribution in [-0.2, 0) is 20.7 Å². The van der Waals surface area contributed by atoms with Crippen LogP contribution in [0.15, 0.2) is 24.3 Å². The third-order valence-electron chi connectivity index (χ3n) is 5.47. The van der Waals surface area contributed by atoms with Crippen molar-refractivity contribution in [2.75, 3.05) is 27.0 Å². The van der Waals surface area contributed by atoms with E-state index in [0.717, 1.165) is 24.2 Å². The van der Waals surface area contributed by atoms with Crippen LogP contribution < -0.4 is 15.4 Å². The first-order chi connectivity index (χ1) is 13.0. The Balaban J connectivity index is 2.09. The molecular weight excluding hydrogens is 364 g/mol. The molecule has 0 spiro atoms. The third-order valence-corrected chi connectivity index (χ3v) is 6.08. The first-order valence-electron chi connectivity index (χ1n) is 9.27. The topological polar surface area (TPSA) is 76.7 Å². The molecule has 0 aromatic heterocycles. The molecule has 1 atom stereocenters. The zero-order valence-corrected chi connectivity index (χ0v) is 17.2. The third kappa shape index (κ3) is 5.39. The molecule has 1 saturated carbocycles. The maximum absolute atomic E-state index is 13.1. The van der Waals surface area contributed by atoms with E-state index in [9.17, 15) is 9.59 Å². The molecule has 7 heteroatoms. The Labute approximate surface area is 166 Å². The quantitative estimate of drug-likeness (QED) is 0.589. The predicted octanol–water partition coefficient (Wildman–Crippen LogP) is 1.97. The molecule has 1 aromatic carbocycles. The van der Waals surface area contributed by atoms with Gasteiger partial charge < -0.3 is 20.1 Å². The van der Waals surface area contributed by atoms with Gasteiger partial charge in [0.2, 0.25) is 11.8 Å². The normalized spacial score (nSPS) is 23.3. The van der Waals surface area contributed by atoms with E-state index in [1.54, 1.807) is 21.3 Å². The molecule has 1 unspecified atom stereocenters. The van der Waals surface area contributed by atoms with E-state index in [4.69, 9.17) is 9.47 Å². The molecule has 0 saturated heterocycles. The lowest BCUT2D eigenvalue weighted by Gasteiger charge is -2.38. The Morgan fingerprint density at radius 2 is 1.85 bits per heavy atom. The van der Waals surface area contributed by atoms with Gasteiger partial charge in [-0.25, -0.2) is 0 Å². The molecule has 1 aliphatic rings. The SMILES string of the molecule is CNC(=O)C(Cc1ccc(OC)cc1)NC(=O)[C@]1(CS)CC[C@H](OC)CC1. The van der Waals surface area contributed by atoms with Crippen molar-refractivity contribution < 1.29 is 19.1 Å². The number of carbonyl (C=O) groups excluding carboxylic acids is 2. The summed E-state index contributed by atoms with van der Waals surface area (Å²) in [5.41, 5.74) is 0.400. The lowest BCUT2D eigenvalue weighted by Crippen LogP contribution is -2.53. The van der Waals surface area contributed by atoms with Gasteiger partial charge in [-0.2, -0.15) is 12.6 Å². The molecule has 2 amide bonds. The lowest BCUT2D eigenvalue weighted by atomic mass is 9.73. The molecule has 150 valence electrons. The summed E-state index contributed by atoms with van der Waals surface area (Å²) < 4.78 is 10.6. The van der Waals surface area contributed by atoms with Gasteiger partial charge in [0.05, 0.1) is 18.6 Å². The minimum atomic E-state index is -0.632. The molecule has 1 aliphatic carbocycles. The monoisotopic (exact) mass is 394 g/mol. The lowest BCUT2D eigenvalue weighted by molar-refractivity contribution is -0.136. The average molecular weight is 395 g/mol. The number of nitrogens with one attached hydrogen (secondary N) is 2. The van der Waals surface area contributed by atoms with Crippen molar-refractivity contribution >= 4 is 24.4 Å². The van der Waals surface area contributed by atoms with E-state index >= 15 is 0 Å². The Hall–Kier alpha value is -1.73. The average Bonchev–Trinajstić information content (AvgIpc) is 2.73. The highest BCUT2D eigenvalue weighted by molar-refractivity contribution is 7.80. The smallest absolute Gasteiger partial charge is 0.242 e. The van der Waals surface area contributed by atoms with E-state index in [-0.39, 0.29) is 17.9 Å². The van der Waals surface area contributed by atoms with E-state index in [2.05, 4.69) is 23.3 Å². The zero-order valence-electron chi connectivity index (χ0n) is 16.3. The van der Waals surface area contributed by atoms with Gasteiger partial charge in [-0.05, 0) is 43.4 Å². The molecule has 1 aromatic rings. The fraction of sp³-hybridized carbons (Fsp3) is 0.600. The summed E-state index contributed by atoms with van der Waals surface area (Å²) in [4.78, 5) is 25.4.